The van der Waals surface area contributed by atoms with Crippen LogP contribution in [0.1, 0.15) is 29.0 Å². The number of piperidine rings is 1. The van der Waals surface area contributed by atoms with Gasteiger partial charge in [0.1, 0.15) is 0 Å². The lowest BCUT2D eigenvalue weighted by molar-refractivity contribution is 0.0841. The molecule has 0 saturated carbocycles. The lowest BCUT2D eigenvalue weighted by Crippen LogP contribution is -2.34. The number of nitrogens with zero attached hydrogens (tertiary/aromatic N) is 3. The summed E-state index contributed by atoms with van der Waals surface area (Å²) < 4.78 is 2.01. The van der Waals surface area contributed by atoms with Gasteiger partial charge in [-0.2, -0.15) is 0 Å². The zero-order chi connectivity index (χ0) is 15.4. The van der Waals surface area contributed by atoms with E-state index < -0.39 is 0 Å². The van der Waals surface area contributed by atoms with Gasteiger partial charge in [0.2, 0.25) is 5.78 Å². The van der Waals surface area contributed by atoms with Gasteiger partial charge in [0.15, 0.2) is 5.82 Å². The number of imidazole rings is 1. The van der Waals surface area contributed by atoms with Crippen LogP contribution in [0.15, 0.2) is 42.7 Å². The van der Waals surface area contributed by atoms with Gasteiger partial charge in [-0.05, 0) is 45.0 Å². The second-order valence-corrected chi connectivity index (χ2v) is 6.12. The molecule has 1 fully saturated rings. The van der Waals surface area contributed by atoms with Crippen LogP contribution in [0.5, 0.6) is 0 Å². The van der Waals surface area contributed by atoms with E-state index >= 15 is 0 Å². The van der Waals surface area contributed by atoms with Crippen molar-refractivity contribution in [2.75, 3.05) is 20.1 Å². The number of ketones is 1. The van der Waals surface area contributed by atoms with E-state index in [1.165, 1.54) is 5.56 Å². The average molecular weight is 378 g/mol. The van der Waals surface area contributed by atoms with Crippen LogP contribution in [0.25, 0.3) is 0 Å². The number of benzene rings is 1. The first-order valence-electron chi connectivity index (χ1n) is 8.02. The number of hydrogen-bond donors (Lipinski definition) is 0. The molecule has 0 atom stereocenters. The van der Waals surface area contributed by atoms with Crippen LogP contribution in [0, 0.1) is 5.92 Å². The van der Waals surface area contributed by atoms with Crippen LogP contribution in [-0.4, -0.2) is 40.4 Å². The maximum atomic E-state index is 12.7. The Bertz CT molecular complexity index is 618. The molecule has 2 aromatic rings. The predicted octanol–water partition coefficient (Wildman–Crippen LogP) is 3.23. The quantitative estimate of drug-likeness (QED) is 0.750. The maximum Gasteiger partial charge on any atom is 0.201 e. The SMILES string of the molecule is Br.CN1CCC(C(=O)c2nccn2CCc2ccccc2)CC1. The fourth-order valence-corrected chi connectivity index (χ4v) is 3.06. The number of hydrogen-bond acceptors (Lipinski definition) is 3. The van der Waals surface area contributed by atoms with E-state index in [1.807, 2.05) is 29.0 Å². The van der Waals surface area contributed by atoms with Gasteiger partial charge in [-0.3, -0.25) is 4.79 Å². The Hall–Kier alpha value is -1.46. The number of aromatic nitrogens is 2. The highest BCUT2D eigenvalue weighted by Crippen LogP contribution is 2.20. The predicted molar refractivity (Wildman–Crippen MR) is 97.2 cm³/mol. The number of carbonyl (C=O) groups excluding carboxylic acids is 1. The zero-order valence-corrected chi connectivity index (χ0v) is 15.2. The van der Waals surface area contributed by atoms with Gasteiger partial charge in [0, 0.05) is 24.9 Å². The van der Waals surface area contributed by atoms with Crippen molar-refractivity contribution in [3.63, 3.8) is 0 Å². The molecule has 0 spiro atoms. The van der Waals surface area contributed by atoms with E-state index in [0.717, 1.165) is 38.9 Å². The van der Waals surface area contributed by atoms with Crippen molar-refractivity contribution in [2.24, 2.45) is 5.92 Å². The Morgan fingerprint density at radius 2 is 1.91 bits per heavy atom. The van der Waals surface area contributed by atoms with Gasteiger partial charge in [0.25, 0.3) is 0 Å². The van der Waals surface area contributed by atoms with Gasteiger partial charge in [-0.15, -0.1) is 17.0 Å². The standard InChI is InChI=1S/C18H23N3O.BrH/c1-20-11-8-16(9-12-20)17(22)18-19-10-14-21(18)13-7-15-5-3-2-4-6-15;/h2-6,10,14,16H,7-9,11-13H2,1H3;1H. The molecule has 2 heterocycles. The van der Waals surface area contributed by atoms with Crippen LogP contribution >= 0.6 is 17.0 Å². The lowest BCUT2D eigenvalue weighted by atomic mass is 9.92. The molecule has 1 aromatic heterocycles. The van der Waals surface area contributed by atoms with Gasteiger partial charge in [0.05, 0.1) is 0 Å². The van der Waals surface area contributed by atoms with E-state index in [1.54, 1.807) is 6.20 Å². The van der Waals surface area contributed by atoms with E-state index in [9.17, 15) is 4.79 Å². The van der Waals surface area contributed by atoms with Gasteiger partial charge in [-0.1, -0.05) is 30.3 Å². The molecule has 4 nitrogen and oxygen atoms in total. The third kappa shape index (κ3) is 4.52. The van der Waals surface area contributed by atoms with Gasteiger partial charge in [-0.25, -0.2) is 4.98 Å². The number of rotatable bonds is 5. The third-order valence-corrected chi connectivity index (χ3v) is 4.51. The summed E-state index contributed by atoms with van der Waals surface area (Å²) in [5.41, 5.74) is 1.29. The molecule has 0 bridgehead atoms. The van der Waals surface area contributed by atoms with Crippen LogP contribution in [0.3, 0.4) is 0 Å². The minimum Gasteiger partial charge on any atom is -0.328 e. The van der Waals surface area contributed by atoms with Crippen molar-refractivity contribution in [3.05, 3.63) is 54.1 Å². The molecule has 124 valence electrons. The fraction of sp³-hybridized carbons (Fsp3) is 0.444. The fourth-order valence-electron chi connectivity index (χ4n) is 3.06. The third-order valence-electron chi connectivity index (χ3n) is 4.51. The number of Topliss-reactive ketones (excluding diaryl/α,β-unsaturated/α-hetero) is 1. The summed E-state index contributed by atoms with van der Waals surface area (Å²) in [6.07, 6.45) is 6.48. The van der Waals surface area contributed by atoms with Crippen molar-refractivity contribution in [3.8, 4) is 0 Å². The first kappa shape index (κ1) is 17.9. The smallest absolute Gasteiger partial charge is 0.201 e. The largest absolute Gasteiger partial charge is 0.328 e. The van der Waals surface area contributed by atoms with E-state index in [0.29, 0.717) is 5.82 Å². The molecule has 0 amide bonds. The molecule has 0 radical (unpaired) electrons. The van der Waals surface area contributed by atoms with E-state index in [2.05, 4.69) is 29.1 Å². The summed E-state index contributed by atoms with van der Waals surface area (Å²) >= 11 is 0. The van der Waals surface area contributed by atoms with Gasteiger partial charge < -0.3 is 9.47 Å². The van der Waals surface area contributed by atoms with E-state index in [4.69, 9.17) is 0 Å². The summed E-state index contributed by atoms with van der Waals surface area (Å²) in [5, 5.41) is 0. The number of likely N-dealkylation sites (tertiary alicyclic amines) is 1. The van der Waals surface area contributed by atoms with E-state index in [-0.39, 0.29) is 28.7 Å². The monoisotopic (exact) mass is 377 g/mol. The molecular formula is C18H24BrN3O. The second-order valence-electron chi connectivity index (χ2n) is 6.12. The first-order chi connectivity index (χ1) is 10.7. The molecule has 1 saturated heterocycles. The summed E-state index contributed by atoms with van der Waals surface area (Å²) in [6, 6.07) is 10.4. The van der Waals surface area contributed by atoms with Crippen molar-refractivity contribution in [1.82, 2.24) is 14.5 Å². The maximum absolute atomic E-state index is 12.7. The second kappa shape index (κ2) is 8.41. The Balaban J connectivity index is 0.00000192. The van der Waals surface area contributed by atoms with Crippen LogP contribution in [0.4, 0.5) is 0 Å². The number of aryl methyl sites for hydroxylation is 2. The minimum absolute atomic E-state index is 0. The minimum atomic E-state index is 0. The topological polar surface area (TPSA) is 38.1 Å². The molecule has 1 aromatic carbocycles. The molecule has 0 N–H and O–H groups in total. The highest BCUT2D eigenvalue weighted by atomic mass is 79.9. The summed E-state index contributed by atoms with van der Waals surface area (Å²) in [6.45, 7) is 2.81. The molecule has 0 aliphatic carbocycles. The number of carbonyl (C=O) groups is 1. The summed E-state index contributed by atoms with van der Waals surface area (Å²) in [7, 11) is 2.11. The summed E-state index contributed by atoms with van der Waals surface area (Å²) in [4.78, 5) is 19.3. The molecule has 3 rings (SSSR count). The van der Waals surface area contributed by atoms with Crippen molar-refractivity contribution >= 4 is 22.8 Å². The zero-order valence-electron chi connectivity index (χ0n) is 13.5. The Morgan fingerprint density at radius 1 is 1.22 bits per heavy atom. The Labute approximate surface area is 148 Å². The molecular weight excluding hydrogens is 354 g/mol. The number of halogens is 1. The van der Waals surface area contributed by atoms with Crippen LogP contribution in [0.2, 0.25) is 0 Å². The van der Waals surface area contributed by atoms with Crippen LogP contribution < -0.4 is 0 Å². The molecule has 1 aliphatic rings. The van der Waals surface area contributed by atoms with Gasteiger partial charge >= 0.3 is 0 Å². The van der Waals surface area contributed by atoms with Crippen molar-refractivity contribution in [2.45, 2.75) is 25.8 Å². The van der Waals surface area contributed by atoms with Crippen molar-refractivity contribution < 1.29 is 4.79 Å². The Morgan fingerprint density at radius 3 is 2.61 bits per heavy atom. The van der Waals surface area contributed by atoms with Crippen LogP contribution in [-0.2, 0) is 13.0 Å². The molecule has 0 unspecified atom stereocenters. The molecule has 5 heteroatoms. The normalized spacial score (nSPS) is 16.0. The molecule has 23 heavy (non-hydrogen) atoms. The first-order valence-corrected chi connectivity index (χ1v) is 8.02. The van der Waals surface area contributed by atoms with Crippen molar-refractivity contribution in [1.29, 1.82) is 0 Å². The highest BCUT2D eigenvalue weighted by molar-refractivity contribution is 8.93. The summed E-state index contributed by atoms with van der Waals surface area (Å²) in [5.74, 6) is 0.978. The molecule has 1 aliphatic heterocycles. The lowest BCUT2D eigenvalue weighted by Gasteiger charge is -2.27. The Kier molecular flexibility index (Phi) is 6.54. The highest BCUT2D eigenvalue weighted by Gasteiger charge is 2.27. The average Bonchev–Trinajstić information content (AvgIpc) is 3.02.